The molecule has 2 saturated heterocycles. The number of nitrogens with zero attached hydrogens (tertiary/aromatic N) is 2. The molecule has 0 spiro atoms. The molecule has 0 radical (unpaired) electrons. The predicted octanol–water partition coefficient (Wildman–Crippen LogP) is 2.36. The van der Waals surface area contributed by atoms with Crippen molar-refractivity contribution in [3.63, 3.8) is 0 Å². The summed E-state index contributed by atoms with van der Waals surface area (Å²) in [6.07, 6.45) is 2.82. The number of amides is 2. The van der Waals surface area contributed by atoms with E-state index in [4.69, 9.17) is 10.5 Å². The number of aromatic nitrogens is 1. The molecule has 0 aliphatic carbocycles. The molecule has 1 aromatic heterocycles. The number of carbonyl (C=O) groups excluding carboxylic acids is 2. The molecule has 3 heterocycles. The first-order chi connectivity index (χ1) is 13.0. The summed E-state index contributed by atoms with van der Waals surface area (Å²) in [5.41, 5.74) is 7.16. The highest BCUT2D eigenvalue weighted by Gasteiger charge is 2.32. The molecule has 2 fully saturated rings. The molecule has 27 heavy (non-hydrogen) atoms. The minimum absolute atomic E-state index is 0.0375. The summed E-state index contributed by atoms with van der Waals surface area (Å²) in [6.45, 7) is 1.85. The fraction of sp³-hybridized carbons (Fsp3) is 0.450. The molecular weight excluding hydrogens is 349 g/mol. The van der Waals surface area contributed by atoms with E-state index in [0.29, 0.717) is 54.7 Å². The first-order valence-electron chi connectivity index (χ1n) is 9.33. The average Bonchev–Trinajstić information content (AvgIpc) is 3.21. The van der Waals surface area contributed by atoms with Crippen LogP contribution < -0.4 is 5.73 Å². The summed E-state index contributed by atoms with van der Waals surface area (Å²) < 4.78 is 19.0. The van der Waals surface area contributed by atoms with Crippen LogP contribution >= 0.6 is 0 Å². The van der Waals surface area contributed by atoms with Crippen LogP contribution in [0.3, 0.4) is 0 Å². The van der Waals surface area contributed by atoms with E-state index in [-0.39, 0.29) is 23.7 Å². The van der Waals surface area contributed by atoms with Crippen LogP contribution in [-0.2, 0) is 9.53 Å². The van der Waals surface area contributed by atoms with Crippen LogP contribution in [0.25, 0.3) is 10.9 Å². The summed E-state index contributed by atoms with van der Waals surface area (Å²) in [4.78, 5) is 30.9. The molecule has 2 N–H and O–H groups in total. The van der Waals surface area contributed by atoms with Crippen LogP contribution in [0.2, 0.25) is 0 Å². The van der Waals surface area contributed by atoms with Crippen molar-refractivity contribution in [1.29, 1.82) is 0 Å². The Hall–Kier alpha value is -2.54. The zero-order valence-electron chi connectivity index (χ0n) is 15.0. The van der Waals surface area contributed by atoms with Crippen LogP contribution in [0, 0.1) is 5.82 Å². The van der Waals surface area contributed by atoms with Crippen molar-refractivity contribution >= 4 is 22.7 Å². The lowest BCUT2D eigenvalue weighted by Crippen LogP contribution is -2.43. The number of fused-ring (bicyclic) bond motifs is 1. The van der Waals surface area contributed by atoms with E-state index in [9.17, 15) is 14.0 Å². The molecule has 2 amide bonds. The normalized spacial score (nSPS) is 20.9. The monoisotopic (exact) mass is 371 g/mol. The molecule has 6 nitrogen and oxygen atoms in total. The van der Waals surface area contributed by atoms with Crippen molar-refractivity contribution in [2.45, 2.75) is 37.7 Å². The number of ether oxygens (including phenoxy) is 1. The number of carbonyl (C=O) groups is 2. The van der Waals surface area contributed by atoms with E-state index in [1.165, 1.54) is 12.1 Å². The van der Waals surface area contributed by atoms with Gasteiger partial charge in [-0.3, -0.25) is 14.6 Å². The third kappa shape index (κ3) is 3.51. The number of piperidine rings is 1. The van der Waals surface area contributed by atoms with Gasteiger partial charge in [-0.25, -0.2) is 4.39 Å². The maximum atomic E-state index is 13.5. The van der Waals surface area contributed by atoms with Gasteiger partial charge < -0.3 is 15.4 Å². The van der Waals surface area contributed by atoms with Gasteiger partial charge in [0, 0.05) is 31.0 Å². The molecule has 2 aliphatic heterocycles. The van der Waals surface area contributed by atoms with Crippen LogP contribution in [-0.4, -0.2) is 47.5 Å². The van der Waals surface area contributed by atoms with Gasteiger partial charge >= 0.3 is 0 Å². The Morgan fingerprint density at radius 2 is 1.96 bits per heavy atom. The van der Waals surface area contributed by atoms with Crippen molar-refractivity contribution in [3.8, 4) is 0 Å². The summed E-state index contributed by atoms with van der Waals surface area (Å²) >= 11 is 0. The first-order valence-corrected chi connectivity index (χ1v) is 9.33. The van der Waals surface area contributed by atoms with Crippen molar-refractivity contribution in [2.75, 3.05) is 19.7 Å². The van der Waals surface area contributed by atoms with E-state index in [1.807, 2.05) is 4.90 Å². The van der Waals surface area contributed by atoms with E-state index in [1.54, 1.807) is 12.1 Å². The number of halogens is 1. The van der Waals surface area contributed by atoms with E-state index in [0.717, 1.165) is 12.8 Å². The lowest BCUT2D eigenvalue weighted by Gasteiger charge is -2.33. The summed E-state index contributed by atoms with van der Waals surface area (Å²) in [7, 11) is 0. The van der Waals surface area contributed by atoms with Crippen LogP contribution in [0.4, 0.5) is 4.39 Å². The van der Waals surface area contributed by atoms with Gasteiger partial charge in [0.1, 0.15) is 11.9 Å². The topological polar surface area (TPSA) is 85.5 Å². The van der Waals surface area contributed by atoms with Crippen molar-refractivity contribution < 1.29 is 18.7 Å². The molecule has 4 rings (SSSR count). The fourth-order valence-electron chi connectivity index (χ4n) is 4.02. The van der Waals surface area contributed by atoms with Crippen molar-refractivity contribution in [1.82, 2.24) is 9.88 Å². The maximum Gasteiger partial charge on any atom is 0.251 e. The number of rotatable bonds is 3. The molecule has 0 unspecified atom stereocenters. The number of hydrogen-bond acceptors (Lipinski definition) is 4. The van der Waals surface area contributed by atoms with Gasteiger partial charge in [-0.05, 0) is 49.9 Å². The molecular formula is C20H22FN3O3. The fourth-order valence-corrected chi connectivity index (χ4v) is 4.02. The quantitative estimate of drug-likeness (QED) is 0.897. The lowest BCUT2D eigenvalue weighted by atomic mass is 9.89. The molecule has 2 aromatic rings. The van der Waals surface area contributed by atoms with E-state index < -0.39 is 5.91 Å². The molecule has 7 heteroatoms. The third-order valence-electron chi connectivity index (χ3n) is 5.47. The second-order valence-corrected chi connectivity index (χ2v) is 7.22. The molecule has 0 saturated carbocycles. The SMILES string of the molecule is NC(=O)c1cc2cc(F)ccc2nc1C1CCN(C(=O)[C@H]2CCCO2)CC1. The minimum Gasteiger partial charge on any atom is -0.368 e. The van der Waals surface area contributed by atoms with Gasteiger partial charge in [0.05, 0.1) is 16.8 Å². The smallest absolute Gasteiger partial charge is 0.251 e. The van der Waals surface area contributed by atoms with Crippen molar-refractivity contribution in [2.24, 2.45) is 5.73 Å². The number of likely N-dealkylation sites (tertiary alicyclic amines) is 1. The molecule has 0 bridgehead atoms. The largest absolute Gasteiger partial charge is 0.368 e. The number of benzene rings is 1. The average molecular weight is 371 g/mol. The second kappa shape index (κ2) is 7.23. The Morgan fingerprint density at radius 1 is 1.19 bits per heavy atom. The molecule has 1 atom stereocenters. The molecule has 1 aromatic carbocycles. The Balaban J connectivity index is 1.56. The predicted molar refractivity (Wildman–Crippen MR) is 97.7 cm³/mol. The second-order valence-electron chi connectivity index (χ2n) is 7.22. The maximum absolute atomic E-state index is 13.5. The number of hydrogen-bond donors (Lipinski definition) is 1. The van der Waals surface area contributed by atoms with E-state index in [2.05, 4.69) is 4.98 Å². The third-order valence-corrected chi connectivity index (χ3v) is 5.47. The zero-order valence-corrected chi connectivity index (χ0v) is 15.0. The first kappa shape index (κ1) is 17.9. The van der Waals surface area contributed by atoms with Gasteiger partial charge in [-0.2, -0.15) is 0 Å². The highest BCUT2D eigenvalue weighted by Crippen LogP contribution is 2.32. The van der Waals surface area contributed by atoms with Gasteiger partial charge in [-0.1, -0.05) is 0 Å². The van der Waals surface area contributed by atoms with Crippen molar-refractivity contribution in [3.05, 3.63) is 41.3 Å². The number of nitrogens with two attached hydrogens (primary N) is 1. The molecule has 142 valence electrons. The van der Waals surface area contributed by atoms with E-state index >= 15 is 0 Å². The molecule has 2 aliphatic rings. The Labute approximate surface area is 156 Å². The van der Waals surface area contributed by atoms with Crippen LogP contribution in [0.15, 0.2) is 24.3 Å². The Bertz CT molecular complexity index is 887. The standard InChI is InChI=1S/C20H22FN3O3/c21-14-3-4-16-13(10-14)11-15(19(22)25)18(23-16)12-5-7-24(8-6-12)20(26)17-2-1-9-27-17/h3-4,10-12,17H,1-2,5-9H2,(H2,22,25)/t17-/m1/s1. The minimum atomic E-state index is -0.568. The van der Waals surface area contributed by atoms with Gasteiger partial charge in [0.2, 0.25) is 0 Å². The lowest BCUT2D eigenvalue weighted by molar-refractivity contribution is -0.142. The number of primary amides is 1. The van der Waals surface area contributed by atoms with Gasteiger partial charge in [0.15, 0.2) is 0 Å². The highest BCUT2D eigenvalue weighted by atomic mass is 19.1. The Kier molecular flexibility index (Phi) is 4.78. The van der Waals surface area contributed by atoms with Gasteiger partial charge in [0.25, 0.3) is 11.8 Å². The Morgan fingerprint density at radius 3 is 2.63 bits per heavy atom. The van der Waals surface area contributed by atoms with Crippen LogP contribution in [0.1, 0.15) is 47.7 Å². The summed E-state index contributed by atoms with van der Waals surface area (Å²) in [5.74, 6) is -0.853. The zero-order chi connectivity index (χ0) is 19.0. The number of pyridine rings is 1. The highest BCUT2D eigenvalue weighted by molar-refractivity contribution is 5.97. The summed E-state index contributed by atoms with van der Waals surface area (Å²) in [6, 6.07) is 5.93. The van der Waals surface area contributed by atoms with Gasteiger partial charge in [-0.15, -0.1) is 0 Å². The van der Waals surface area contributed by atoms with Crippen LogP contribution in [0.5, 0.6) is 0 Å². The summed E-state index contributed by atoms with van der Waals surface area (Å²) in [5, 5.41) is 0.554.